The molecule has 172 valence electrons. The summed E-state index contributed by atoms with van der Waals surface area (Å²) in [4.78, 5) is 11.3. The lowest BCUT2D eigenvalue weighted by Gasteiger charge is -2.35. The summed E-state index contributed by atoms with van der Waals surface area (Å²) in [5.74, 6) is -0.101. The number of carboxylic acids is 1. The van der Waals surface area contributed by atoms with Crippen LogP contribution in [0.4, 0.5) is 5.69 Å². The van der Waals surface area contributed by atoms with Crippen molar-refractivity contribution >= 4 is 27.8 Å². The maximum atomic E-state index is 13.6. The number of sulfonamides is 1. The van der Waals surface area contributed by atoms with Gasteiger partial charge in [0, 0.05) is 6.42 Å². The zero-order valence-corrected chi connectivity index (χ0v) is 19.9. The number of carboxylic acid groups (broad SMARTS) is 1. The number of ether oxygens (including phenoxy) is 1. The molecule has 1 N–H and O–H groups in total. The van der Waals surface area contributed by atoms with Crippen LogP contribution in [0.5, 0.6) is 5.75 Å². The average Bonchev–Trinajstić information content (AvgIpc) is 2.75. The van der Waals surface area contributed by atoms with Crippen LogP contribution in [0.3, 0.4) is 0 Å². The molecule has 32 heavy (non-hydrogen) atoms. The minimum atomic E-state index is -3.85. The summed E-state index contributed by atoms with van der Waals surface area (Å²) in [6, 6.07) is 12.3. The number of fused-ring (bicyclic) bond motifs is 1. The first-order valence-corrected chi connectivity index (χ1v) is 12.4. The van der Waals surface area contributed by atoms with Gasteiger partial charge in [0.2, 0.25) is 0 Å². The molecule has 0 unspecified atom stereocenters. The lowest BCUT2D eigenvalue weighted by Crippen LogP contribution is -2.43. The number of hydrogen-bond acceptors (Lipinski definition) is 4. The van der Waals surface area contributed by atoms with Crippen LogP contribution >= 0.6 is 0 Å². The number of hydrogen-bond donors (Lipinski definition) is 1. The standard InChI is InChI=1S/C25H31NO5S/c1-5-20(17(2)3)14-19-9-11-24-23(15-19)26(16-21(31-24)10-12-25(27)28)32(29,30)22-8-6-7-18(4)13-22/h6-9,11,13-15,17,21H,5,10,12,16H2,1-4H3,(H,27,28)/b20-14+/t21-/m0/s1. The largest absolute Gasteiger partial charge is 0.486 e. The Morgan fingerprint density at radius 1 is 1.25 bits per heavy atom. The second-order valence-corrected chi connectivity index (χ2v) is 10.3. The van der Waals surface area contributed by atoms with E-state index in [-0.39, 0.29) is 24.3 Å². The molecular weight excluding hydrogens is 426 g/mol. The molecule has 0 aromatic heterocycles. The molecule has 1 aliphatic rings. The fourth-order valence-electron chi connectivity index (χ4n) is 3.88. The number of aliphatic carboxylic acids is 1. The van der Waals surface area contributed by atoms with Gasteiger partial charge in [0.25, 0.3) is 10.0 Å². The number of allylic oxidation sites excluding steroid dienone is 1. The van der Waals surface area contributed by atoms with E-state index in [2.05, 4.69) is 26.8 Å². The van der Waals surface area contributed by atoms with Crippen molar-refractivity contribution in [3.8, 4) is 5.75 Å². The summed E-state index contributed by atoms with van der Waals surface area (Å²) in [5, 5.41) is 9.07. The molecule has 0 spiro atoms. The van der Waals surface area contributed by atoms with Gasteiger partial charge in [-0.2, -0.15) is 0 Å². The van der Waals surface area contributed by atoms with Crippen molar-refractivity contribution < 1.29 is 23.1 Å². The van der Waals surface area contributed by atoms with Crippen LogP contribution in [0, 0.1) is 12.8 Å². The highest BCUT2D eigenvalue weighted by atomic mass is 32.2. The van der Waals surface area contributed by atoms with E-state index in [1.165, 1.54) is 9.88 Å². The molecule has 6 nitrogen and oxygen atoms in total. The van der Waals surface area contributed by atoms with Crippen molar-refractivity contribution in [2.75, 3.05) is 10.8 Å². The summed E-state index contributed by atoms with van der Waals surface area (Å²) in [5.41, 5.74) is 3.51. The zero-order valence-electron chi connectivity index (χ0n) is 19.0. The Hall–Kier alpha value is -2.80. The molecule has 0 radical (unpaired) electrons. The number of rotatable bonds is 8. The highest BCUT2D eigenvalue weighted by Gasteiger charge is 2.35. The first kappa shape index (κ1) is 23.9. The van der Waals surface area contributed by atoms with E-state index >= 15 is 0 Å². The molecule has 1 heterocycles. The van der Waals surface area contributed by atoms with Crippen LogP contribution < -0.4 is 9.04 Å². The summed E-state index contributed by atoms with van der Waals surface area (Å²) < 4.78 is 34.6. The quantitative estimate of drug-likeness (QED) is 0.584. The third-order valence-electron chi connectivity index (χ3n) is 5.67. The van der Waals surface area contributed by atoms with E-state index in [4.69, 9.17) is 9.84 Å². The number of benzene rings is 2. The maximum Gasteiger partial charge on any atom is 0.303 e. The van der Waals surface area contributed by atoms with Crippen molar-refractivity contribution in [2.24, 2.45) is 5.92 Å². The van der Waals surface area contributed by atoms with Gasteiger partial charge in [-0.1, -0.05) is 50.6 Å². The van der Waals surface area contributed by atoms with Crippen LogP contribution in [0.2, 0.25) is 0 Å². The summed E-state index contributed by atoms with van der Waals surface area (Å²) in [6.07, 6.45) is 2.60. The van der Waals surface area contributed by atoms with Crippen molar-refractivity contribution in [2.45, 2.75) is 58.0 Å². The highest BCUT2D eigenvalue weighted by molar-refractivity contribution is 7.92. The van der Waals surface area contributed by atoms with Crippen LogP contribution in [-0.4, -0.2) is 32.1 Å². The second-order valence-electron chi connectivity index (χ2n) is 8.48. The highest BCUT2D eigenvalue weighted by Crippen LogP contribution is 2.39. The molecule has 1 atom stereocenters. The Morgan fingerprint density at radius 3 is 2.62 bits per heavy atom. The van der Waals surface area contributed by atoms with Crippen molar-refractivity contribution in [1.82, 2.24) is 0 Å². The fourth-order valence-corrected chi connectivity index (χ4v) is 5.48. The molecule has 0 bridgehead atoms. The van der Waals surface area contributed by atoms with Gasteiger partial charge < -0.3 is 9.84 Å². The van der Waals surface area contributed by atoms with E-state index < -0.39 is 22.1 Å². The Balaban J connectivity index is 2.08. The number of aryl methyl sites for hydroxylation is 1. The summed E-state index contributed by atoms with van der Waals surface area (Å²) in [7, 11) is -3.85. The molecule has 2 aromatic carbocycles. The fraction of sp³-hybridized carbons (Fsp3) is 0.400. The van der Waals surface area contributed by atoms with Crippen molar-refractivity contribution in [1.29, 1.82) is 0 Å². The maximum absolute atomic E-state index is 13.6. The zero-order chi connectivity index (χ0) is 23.5. The number of anilines is 1. The van der Waals surface area contributed by atoms with E-state index in [1.807, 2.05) is 25.1 Å². The minimum absolute atomic E-state index is 0.0640. The number of carbonyl (C=O) groups is 1. The minimum Gasteiger partial charge on any atom is -0.486 e. The molecule has 2 aromatic rings. The Morgan fingerprint density at radius 2 is 2.00 bits per heavy atom. The van der Waals surface area contributed by atoms with Gasteiger partial charge in [0.15, 0.2) is 0 Å². The van der Waals surface area contributed by atoms with Crippen LogP contribution in [0.15, 0.2) is 52.9 Å². The normalized spacial score (nSPS) is 16.6. The topological polar surface area (TPSA) is 83.9 Å². The smallest absolute Gasteiger partial charge is 0.303 e. The monoisotopic (exact) mass is 457 g/mol. The predicted molar refractivity (Wildman–Crippen MR) is 127 cm³/mol. The molecule has 0 aliphatic carbocycles. The van der Waals surface area contributed by atoms with E-state index in [0.717, 1.165) is 17.5 Å². The molecule has 0 amide bonds. The molecule has 7 heteroatoms. The van der Waals surface area contributed by atoms with Gasteiger partial charge in [-0.25, -0.2) is 8.42 Å². The molecule has 1 aliphatic heterocycles. The van der Waals surface area contributed by atoms with Crippen molar-refractivity contribution in [3.63, 3.8) is 0 Å². The van der Waals surface area contributed by atoms with Gasteiger partial charge >= 0.3 is 5.97 Å². The third kappa shape index (κ3) is 5.33. The molecular formula is C25H31NO5S. The predicted octanol–water partition coefficient (Wildman–Crippen LogP) is 5.27. The van der Waals surface area contributed by atoms with Gasteiger partial charge in [-0.3, -0.25) is 9.10 Å². The van der Waals surface area contributed by atoms with Gasteiger partial charge in [-0.15, -0.1) is 0 Å². The Kier molecular flexibility index (Phi) is 7.29. The van der Waals surface area contributed by atoms with E-state index in [1.54, 1.807) is 24.3 Å². The molecule has 0 fully saturated rings. The SMILES string of the molecule is CC/C(=C\c1ccc2c(c1)N(S(=O)(=O)c1cccc(C)c1)C[C@H](CCC(=O)O)O2)C(C)C. The van der Waals surface area contributed by atoms with E-state index in [9.17, 15) is 13.2 Å². The first-order valence-electron chi connectivity index (χ1n) is 10.9. The summed E-state index contributed by atoms with van der Waals surface area (Å²) in [6.45, 7) is 8.29. The first-order chi connectivity index (χ1) is 15.1. The van der Waals surface area contributed by atoms with Crippen LogP contribution in [0.25, 0.3) is 6.08 Å². The van der Waals surface area contributed by atoms with E-state index in [0.29, 0.717) is 17.4 Å². The second kappa shape index (κ2) is 9.77. The van der Waals surface area contributed by atoms with Gasteiger partial charge in [0.05, 0.1) is 17.1 Å². The lowest BCUT2D eigenvalue weighted by molar-refractivity contribution is -0.137. The number of nitrogens with zero attached hydrogens (tertiary/aromatic N) is 1. The molecule has 0 saturated heterocycles. The lowest BCUT2D eigenvalue weighted by atomic mass is 9.98. The summed E-state index contributed by atoms with van der Waals surface area (Å²) >= 11 is 0. The molecule has 3 rings (SSSR count). The van der Waals surface area contributed by atoms with Crippen LogP contribution in [-0.2, 0) is 14.8 Å². The Bertz CT molecular complexity index is 1120. The Labute approximate surface area is 190 Å². The average molecular weight is 458 g/mol. The van der Waals surface area contributed by atoms with Gasteiger partial charge in [-0.05, 0) is 61.1 Å². The van der Waals surface area contributed by atoms with Crippen LogP contribution in [0.1, 0.15) is 51.2 Å². The molecule has 0 saturated carbocycles. The third-order valence-corrected chi connectivity index (χ3v) is 7.45. The van der Waals surface area contributed by atoms with Crippen molar-refractivity contribution in [3.05, 3.63) is 59.2 Å². The van der Waals surface area contributed by atoms with Gasteiger partial charge in [0.1, 0.15) is 11.9 Å².